The molecule has 1 rings (SSSR count). The molecule has 0 bridgehead atoms. The standard InChI is InChI=1S/C11H8BrF5O2/c12-5-7(18)4-6-2-1-3-8(9(6)10(13)14)19-11(15,16)17/h1-3,10H,4-5H2. The third kappa shape index (κ3) is 4.77. The lowest BCUT2D eigenvalue weighted by Gasteiger charge is -2.15. The van der Waals surface area contributed by atoms with Gasteiger partial charge in [0.05, 0.1) is 10.9 Å². The van der Waals surface area contributed by atoms with Gasteiger partial charge < -0.3 is 4.74 Å². The van der Waals surface area contributed by atoms with Crippen LogP contribution in [0, 0.1) is 0 Å². The van der Waals surface area contributed by atoms with E-state index >= 15 is 0 Å². The molecule has 0 aromatic heterocycles. The van der Waals surface area contributed by atoms with Crippen LogP contribution < -0.4 is 4.74 Å². The zero-order chi connectivity index (χ0) is 14.6. The van der Waals surface area contributed by atoms with Gasteiger partial charge in [-0.2, -0.15) is 0 Å². The van der Waals surface area contributed by atoms with Crippen molar-refractivity contribution >= 4 is 21.7 Å². The molecule has 8 heteroatoms. The van der Waals surface area contributed by atoms with E-state index in [4.69, 9.17) is 0 Å². The first-order valence-electron chi connectivity index (χ1n) is 4.98. The van der Waals surface area contributed by atoms with Gasteiger partial charge in [-0.1, -0.05) is 28.1 Å². The third-order valence-electron chi connectivity index (χ3n) is 2.14. The first kappa shape index (κ1) is 15.9. The Morgan fingerprint density at radius 1 is 1.32 bits per heavy atom. The average Bonchev–Trinajstić information content (AvgIpc) is 2.26. The summed E-state index contributed by atoms with van der Waals surface area (Å²) >= 11 is 2.85. The maximum absolute atomic E-state index is 12.8. The monoisotopic (exact) mass is 346 g/mol. The zero-order valence-electron chi connectivity index (χ0n) is 9.31. The maximum atomic E-state index is 12.8. The number of hydrogen-bond donors (Lipinski definition) is 0. The summed E-state index contributed by atoms with van der Waals surface area (Å²) in [6, 6.07) is 3.09. The van der Waals surface area contributed by atoms with E-state index in [1.165, 1.54) is 6.07 Å². The van der Waals surface area contributed by atoms with E-state index in [1.54, 1.807) is 0 Å². The summed E-state index contributed by atoms with van der Waals surface area (Å²) < 4.78 is 65.6. The molecule has 106 valence electrons. The number of hydrogen-bond acceptors (Lipinski definition) is 2. The van der Waals surface area contributed by atoms with Gasteiger partial charge >= 0.3 is 6.36 Å². The van der Waals surface area contributed by atoms with Gasteiger partial charge in [0, 0.05) is 6.42 Å². The molecule has 0 atom stereocenters. The van der Waals surface area contributed by atoms with Crippen molar-refractivity contribution in [1.82, 2.24) is 0 Å². The average molecular weight is 347 g/mol. The molecule has 0 aliphatic carbocycles. The van der Waals surface area contributed by atoms with Crippen LogP contribution in [-0.2, 0) is 11.2 Å². The molecule has 0 spiro atoms. The number of benzene rings is 1. The van der Waals surface area contributed by atoms with Crippen molar-refractivity contribution in [2.75, 3.05) is 5.33 Å². The van der Waals surface area contributed by atoms with Crippen LogP contribution in [-0.4, -0.2) is 17.5 Å². The van der Waals surface area contributed by atoms with Gasteiger partial charge in [0.25, 0.3) is 6.43 Å². The molecule has 0 aliphatic rings. The van der Waals surface area contributed by atoms with Crippen molar-refractivity contribution in [3.8, 4) is 5.75 Å². The van der Waals surface area contributed by atoms with Gasteiger partial charge in [-0.15, -0.1) is 13.2 Å². The smallest absolute Gasteiger partial charge is 0.405 e. The molecule has 1 aromatic carbocycles. The highest BCUT2D eigenvalue weighted by atomic mass is 79.9. The highest BCUT2D eigenvalue weighted by molar-refractivity contribution is 9.09. The van der Waals surface area contributed by atoms with Crippen LogP contribution in [0.2, 0.25) is 0 Å². The van der Waals surface area contributed by atoms with Crippen LogP contribution in [0.1, 0.15) is 17.6 Å². The number of rotatable bonds is 5. The number of halogens is 6. The molecular formula is C11H8BrF5O2. The summed E-state index contributed by atoms with van der Waals surface area (Å²) in [5.74, 6) is -1.41. The molecule has 19 heavy (non-hydrogen) atoms. The van der Waals surface area contributed by atoms with Crippen molar-refractivity contribution < 1.29 is 31.5 Å². The van der Waals surface area contributed by atoms with Crippen molar-refractivity contribution in [1.29, 1.82) is 0 Å². The second-order valence-electron chi connectivity index (χ2n) is 3.53. The molecule has 0 heterocycles. The van der Waals surface area contributed by atoms with Crippen LogP contribution >= 0.6 is 15.9 Å². The normalized spacial score (nSPS) is 11.7. The fourth-order valence-electron chi connectivity index (χ4n) is 1.46. The Morgan fingerprint density at radius 2 is 1.95 bits per heavy atom. The highest BCUT2D eigenvalue weighted by Gasteiger charge is 2.34. The number of carbonyl (C=O) groups is 1. The van der Waals surface area contributed by atoms with Gasteiger partial charge in [-0.05, 0) is 11.6 Å². The van der Waals surface area contributed by atoms with E-state index in [-0.39, 0.29) is 17.3 Å². The van der Waals surface area contributed by atoms with Gasteiger partial charge in [-0.25, -0.2) is 8.78 Å². The predicted molar refractivity (Wildman–Crippen MR) is 60.6 cm³/mol. The molecule has 0 unspecified atom stereocenters. The molecule has 0 saturated carbocycles. The summed E-state index contributed by atoms with van der Waals surface area (Å²) in [5, 5.41) is -0.0694. The summed E-state index contributed by atoms with van der Waals surface area (Å²) in [4.78, 5) is 11.2. The Hall–Kier alpha value is -1.18. The van der Waals surface area contributed by atoms with Gasteiger partial charge in [0.2, 0.25) is 0 Å². The van der Waals surface area contributed by atoms with Crippen LogP contribution in [0.3, 0.4) is 0 Å². The number of ether oxygens (including phenoxy) is 1. The van der Waals surface area contributed by atoms with Crippen molar-refractivity contribution in [2.45, 2.75) is 19.2 Å². The highest BCUT2D eigenvalue weighted by Crippen LogP contribution is 2.35. The fourth-order valence-corrected chi connectivity index (χ4v) is 1.66. The lowest BCUT2D eigenvalue weighted by molar-refractivity contribution is -0.275. The second-order valence-corrected chi connectivity index (χ2v) is 4.09. The van der Waals surface area contributed by atoms with Crippen LogP contribution in [0.15, 0.2) is 18.2 Å². The Balaban J connectivity index is 3.18. The van der Waals surface area contributed by atoms with E-state index in [0.717, 1.165) is 12.1 Å². The molecule has 0 N–H and O–H groups in total. The largest absolute Gasteiger partial charge is 0.573 e. The van der Waals surface area contributed by atoms with Gasteiger partial charge in [0.1, 0.15) is 11.5 Å². The van der Waals surface area contributed by atoms with Crippen molar-refractivity contribution in [3.63, 3.8) is 0 Å². The first-order chi connectivity index (χ1) is 8.74. The van der Waals surface area contributed by atoms with E-state index < -0.39 is 29.9 Å². The minimum Gasteiger partial charge on any atom is -0.405 e. The first-order valence-corrected chi connectivity index (χ1v) is 6.10. The predicted octanol–water partition coefficient (Wildman–Crippen LogP) is 4.03. The van der Waals surface area contributed by atoms with E-state index in [0.29, 0.717) is 0 Å². The molecule has 0 saturated heterocycles. The number of ketones is 1. The van der Waals surface area contributed by atoms with Gasteiger partial charge in [-0.3, -0.25) is 4.79 Å². The van der Waals surface area contributed by atoms with Crippen LogP contribution in [0.4, 0.5) is 22.0 Å². The summed E-state index contributed by atoms with van der Waals surface area (Å²) in [6.45, 7) is 0. The minimum absolute atomic E-state index is 0.0694. The van der Waals surface area contributed by atoms with Crippen molar-refractivity contribution in [2.24, 2.45) is 0 Å². The SMILES string of the molecule is O=C(CBr)Cc1cccc(OC(F)(F)F)c1C(F)F. The Bertz CT molecular complexity index is 459. The third-order valence-corrected chi connectivity index (χ3v) is 2.76. The fraction of sp³-hybridized carbons (Fsp3) is 0.364. The van der Waals surface area contributed by atoms with Crippen LogP contribution in [0.5, 0.6) is 5.75 Å². The molecule has 2 nitrogen and oxygen atoms in total. The van der Waals surface area contributed by atoms with Crippen LogP contribution in [0.25, 0.3) is 0 Å². The molecule has 0 aliphatic heterocycles. The Morgan fingerprint density at radius 3 is 2.42 bits per heavy atom. The van der Waals surface area contributed by atoms with E-state index in [2.05, 4.69) is 20.7 Å². The lowest BCUT2D eigenvalue weighted by Crippen LogP contribution is -2.19. The lowest BCUT2D eigenvalue weighted by atomic mass is 10.0. The topological polar surface area (TPSA) is 26.3 Å². The summed E-state index contributed by atoms with van der Waals surface area (Å²) in [5.41, 5.74) is -1.09. The van der Waals surface area contributed by atoms with Gasteiger partial charge in [0.15, 0.2) is 0 Å². The quantitative estimate of drug-likeness (QED) is 0.594. The number of alkyl halides is 6. The molecule has 0 radical (unpaired) electrons. The Kier molecular flexibility index (Phi) is 5.28. The molecule has 0 amide bonds. The minimum atomic E-state index is -5.07. The maximum Gasteiger partial charge on any atom is 0.573 e. The second kappa shape index (κ2) is 6.31. The number of Topliss-reactive ketones (excluding diaryl/α,β-unsaturated/α-hetero) is 1. The molecule has 1 aromatic rings. The number of carbonyl (C=O) groups excluding carboxylic acids is 1. The molecular weight excluding hydrogens is 339 g/mol. The Labute approximate surface area is 113 Å². The summed E-state index contributed by atoms with van der Waals surface area (Å²) in [6.07, 6.45) is -8.63. The molecule has 0 fully saturated rings. The zero-order valence-corrected chi connectivity index (χ0v) is 10.9. The van der Waals surface area contributed by atoms with Crippen molar-refractivity contribution in [3.05, 3.63) is 29.3 Å². The van der Waals surface area contributed by atoms with E-state index in [1.807, 2.05) is 0 Å². The van der Waals surface area contributed by atoms with E-state index in [9.17, 15) is 26.7 Å². The summed E-state index contributed by atoms with van der Waals surface area (Å²) in [7, 11) is 0.